The molecule has 1 aliphatic rings. The summed E-state index contributed by atoms with van der Waals surface area (Å²) < 4.78 is 0. The number of hydrogen-bond acceptors (Lipinski definition) is 2. The van der Waals surface area contributed by atoms with Crippen LogP contribution in [0.25, 0.3) is 0 Å². The van der Waals surface area contributed by atoms with Gasteiger partial charge in [0.25, 0.3) is 0 Å². The maximum atomic E-state index is 12.7. The number of carbonyl (C=O) groups is 2. The number of carbonyl (C=O) groups excluding carboxylic acids is 2. The van der Waals surface area contributed by atoms with Gasteiger partial charge in [-0.1, -0.05) is 67.1 Å². The van der Waals surface area contributed by atoms with Crippen LogP contribution in [0.15, 0.2) is 60.7 Å². The van der Waals surface area contributed by atoms with Crippen LogP contribution in [0.3, 0.4) is 0 Å². The Hall–Kier alpha value is -2.42. The van der Waals surface area contributed by atoms with Gasteiger partial charge in [-0.25, -0.2) is 0 Å². The van der Waals surface area contributed by atoms with Crippen molar-refractivity contribution < 1.29 is 9.59 Å². The molecule has 0 aromatic heterocycles. The Kier molecular flexibility index (Phi) is 6.80. The van der Waals surface area contributed by atoms with Crippen molar-refractivity contribution in [3.05, 3.63) is 71.8 Å². The molecule has 1 fully saturated rings. The molecule has 0 bridgehead atoms. The van der Waals surface area contributed by atoms with Crippen molar-refractivity contribution in [2.75, 3.05) is 0 Å². The highest BCUT2D eigenvalue weighted by Gasteiger charge is 2.29. The molecule has 1 aliphatic carbocycles. The zero-order valence-electron chi connectivity index (χ0n) is 16.1. The molecule has 0 unspecified atom stereocenters. The number of ketones is 1. The van der Waals surface area contributed by atoms with Crippen LogP contribution in [0.5, 0.6) is 0 Å². The van der Waals surface area contributed by atoms with Gasteiger partial charge >= 0.3 is 0 Å². The zero-order chi connectivity index (χ0) is 19.1. The first-order valence-electron chi connectivity index (χ1n) is 10.1. The smallest absolute Gasteiger partial charge is 0.223 e. The number of nitrogens with one attached hydrogen (secondary N) is 1. The Morgan fingerprint density at radius 2 is 1.67 bits per heavy atom. The van der Waals surface area contributed by atoms with Crippen LogP contribution in [0.1, 0.15) is 56.1 Å². The number of amides is 1. The van der Waals surface area contributed by atoms with Gasteiger partial charge in [0.05, 0.1) is 6.04 Å². The number of aryl methyl sites for hydroxylation is 1. The Balaban J connectivity index is 1.49. The molecule has 1 N–H and O–H groups in total. The van der Waals surface area contributed by atoms with Gasteiger partial charge in [0.1, 0.15) is 0 Å². The van der Waals surface area contributed by atoms with Crippen molar-refractivity contribution in [1.29, 1.82) is 0 Å². The summed E-state index contributed by atoms with van der Waals surface area (Å²) >= 11 is 0. The highest BCUT2D eigenvalue weighted by molar-refractivity contribution is 5.89. The fourth-order valence-corrected chi connectivity index (χ4v) is 4.00. The average molecular weight is 364 g/mol. The summed E-state index contributed by atoms with van der Waals surface area (Å²) in [5, 5.41) is 2.97. The van der Waals surface area contributed by atoms with Crippen LogP contribution in [0.4, 0.5) is 0 Å². The van der Waals surface area contributed by atoms with Crippen LogP contribution in [-0.4, -0.2) is 17.7 Å². The van der Waals surface area contributed by atoms with E-state index >= 15 is 0 Å². The van der Waals surface area contributed by atoms with E-state index in [1.165, 1.54) is 5.56 Å². The monoisotopic (exact) mass is 363 g/mol. The second-order valence-corrected chi connectivity index (χ2v) is 7.65. The standard InChI is InChI=1S/C24H29NO2/c1-18(23(26)16-15-19-9-4-2-5-10-19)25-24(27)22-14-8-13-21(17-22)20-11-6-3-7-12-20/h2-7,9-12,18,21-22H,8,13-17H2,1H3,(H,25,27)/t18-,21-,22+/m0/s1. The van der Waals surface area contributed by atoms with Gasteiger partial charge in [0, 0.05) is 12.3 Å². The van der Waals surface area contributed by atoms with E-state index in [-0.39, 0.29) is 17.6 Å². The van der Waals surface area contributed by atoms with Gasteiger partial charge in [-0.3, -0.25) is 9.59 Å². The molecule has 0 radical (unpaired) electrons. The quantitative estimate of drug-likeness (QED) is 0.777. The zero-order valence-corrected chi connectivity index (χ0v) is 16.1. The van der Waals surface area contributed by atoms with Crippen LogP contribution in [-0.2, 0) is 16.0 Å². The normalized spacial score (nSPS) is 20.6. The molecule has 3 rings (SSSR count). The number of Topliss-reactive ketones (excluding diaryl/α,β-unsaturated/α-hetero) is 1. The maximum Gasteiger partial charge on any atom is 0.223 e. The van der Waals surface area contributed by atoms with Crippen molar-refractivity contribution in [1.82, 2.24) is 5.32 Å². The summed E-state index contributed by atoms with van der Waals surface area (Å²) in [5.41, 5.74) is 2.48. The second kappa shape index (κ2) is 9.50. The largest absolute Gasteiger partial charge is 0.346 e. The fraction of sp³-hybridized carbons (Fsp3) is 0.417. The number of hydrogen-bond donors (Lipinski definition) is 1. The molecule has 0 saturated heterocycles. The SMILES string of the molecule is C[C@H](NC(=O)[C@@H]1CCC[C@H](c2ccccc2)C1)C(=O)CCc1ccccc1. The van der Waals surface area contributed by atoms with Gasteiger partial charge in [-0.05, 0) is 49.7 Å². The van der Waals surface area contributed by atoms with Gasteiger partial charge in [-0.15, -0.1) is 0 Å². The molecule has 1 saturated carbocycles. The van der Waals surface area contributed by atoms with Crippen LogP contribution in [0.2, 0.25) is 0 Å². The van der Waals surface area contributed by atoms with Crippen molar-refractivity contribution in [3.8, 4) is 0 Å². The summed E-state index contributed by atoms with van der Waals surface area (Å²) in [6.07, 6.45) is 5.18. The van der Waals surface area contributed by atoms with Gasteiger partial charge in [0.2, 0.25) is 5.91 Å². The van der Waals surface area contributed by atoms with E-state index in [2.05, 4.69) is 29.6 Å². The average Bonchev–Trinajstić information content (AvgIpc) is 2.73. The fourth-order valence-electron chi connectivity index (χ4n) is 4.00. The summed E-state index contributed by atoms with van der Waals surface area (Å²) in [7, 11) is 0. The molecular weight excluding hydrogens is 334 g/mol. The molecule has 1 amide bonds. The molecule has 2 aromatic carbocycles. The predicted octanol–water partition coefficient (Wildman–Crippen LogP) is 4.67. The maximum absolute atomic E-state index is 12.7. The topological polar surface area (TPSA) is 46.2 Å². The van der Waals surface area contributed by atoms with Gasteiger partial charge in [0.15, 0.2) is 5.78 Å². The molecule has 2 aromatic rings. The molecule has 3 atom stereocenters. The summed E-state index contributed by atoms with van der Waals surface area (Å²) in [5.74, 6) is 0.590. The molecule has 142 valence electrons. The van der Waals surface area contributed by atoms with Crippen molar-refractivity contribution in [2.45, 2.75) is 57.4 Å². The first-order valence-corrected chi connectivity index (χ1v) is 10.1. The lowest BCUT2D eigenvalue weighted by Gasteiger charge is -2.29. The van der Waals surface area contributed by atoms with Gasteiger partial charge < -0.3 is 5.32 Å². The summed E-state index contributed by atoms with van der Waals surface area (Å²) in [4.78, 5) is 25.1. The third kappa shape index (κ3) is 5.53. The van der Waals surface area contributed by atoms with Gasteiger partial charge in [-0.2, -0.15) is 0 Å². The minimum absolute atomic E-state index is 0.00771. The Bertz CT molecular complexity index is 741. The highest BCUT2D eigenvalue weighted by atomic mass is 16.2. The molecule has 3 nitrogen and oxygen atoms in total. The van der Waals surface area contributed by atoms with E-state index in [0.717, 1.165) is 37.7 Å². The molecule has 3 heteroatoms. The summed E-state index contributed by atoms with van der Waals surface area (Å²) in [6.45, 7) is 1.81. The minimum Gasteiger partial charge on any atom is -0.346 e. The van der Waals surface area contributed by atoms with E-state index in [1.54, 1.807) is 0 Å². The summed E-state index contributed by atoms with van der Waals surface area (Å²) in [6, 6.07) is 20.0. The first-order chi connectivity index (χ1) is 13.1. The second-order valence-electron chi connectivity index (χ2n) is 7.65. The molecule has 0 aliphatic heterocycles. The number of rotatable bonds is 7. The van der Waals surface area contributed by atoms with Crippen LogP contribution in [0, 0.1) is 5.92 Å². The lowest BCUT2D eigenvalue weighted by atomic mass is 9.77. The Morgan fingerprint density at radius 1 is 1.00 bits per heavy atom. The van der Waals surface area contributed by atoms with Crippen molar-refractivity contribution >= 4 is 11.7 Å². The van der Waals surface area contributed by atoms with E-state index in [4.69, 9.17) is 0 Å². The molecular formula is C24H29NO2. The Labute approximate surface area is 162 Å². The van der Waals surface area contributed by atoms with E-state index in [0.29, 0.717) is 12.3 Å². The van der Waals surface area contributed by atoms with E-state index < -0.39 is 6.04 Å². The van der Waals surface area contributed by atoms with Crippen molar-refractivity contribution in [2.24, 2.45) is 5.92 Å². The Morgan fingerprint density at radius 3 is 2.37 bits per heavy atom. The molecule has 27 heavy (non-hydrogen) atoms. The number of benzene rings is 2. The third-order valence-corrected chi connectivity index (χ3v) is 5.66. The predicted molar refractivity (Wildman–Crippen MR) is 109 cm³/mol. The lowest BCUT2D eigenvalue weighted by molar-refractivity contribution is -0.130. The first kappa shape index (κ1) is 19.3. The lowest BCUT2D eigenvalue weighted by Crippen LogP contribution is -2.42. The van der Waals surface area contributed by atoms with Crippen LogP contribution < -0.4 is 5.32 Å². The van der Waals surface area contributed by atoms with Crippen molar-refractivity contribution in [3.63, 3.8) is 0 Å². The third-order valence-electron chi connectivity index (χ3n) is 5.66. The highest BCUT2D eigenvalue weighted by Crippen LogP contribution is 2.36. The molecule has 0 spiro atoms. The minimum atomic E-state index is -0.418. The van der Waals surface area contributed by atoms with E-state index in [9.17, 15) is 9.59 Å². The van der Waals surface area contributed by atoms with E-state index in [1.807, 2.05) is 43.3 Å². The molecule has 0 heterocycles. The van der Waals surface area contributed by atoms with Crippen LogP contribution >= 0.6 is 0 Å².